The molecule has 0 radical (unpaired) electrons. The van der Waals surface area contributed by atoms with E-state index < -0.39 is 0 Å². The van der Waals surface area contributed by atoms with Crippen LogP contribution in [0.2, 0.25) is 0 Å². The second kappa shape index (κ2) is 9.52. The maximum Gasteiger partial charge on any atom is 0.0721 e. The maximum absolute atomic E-state index is 6.93. The van der Waals surface area contributed by atoms with Crippen LogP contribution in [0.25, 0.3) is 0 Å². The van der Waals surface area contributed by atoms with Gasteiger partial charge in [0, 0.05) is 17.3 Å². The third-order valence-corrected chi connectivity index (χ3v) is 11.2. The van der Waals surface area contributed by atoms with Gasteiger partial charge >= 0.3 is 0 Å². The summed E-state index contributed by atoms with van der Waals surface area (Å²) in [6.07, 6.45) is 19.2. The van der Waals surface area contributed by atoms with E-state index in [4.69, 9.17) is 18.9 Å². The summed E-state index contributed by atoms with van der Waals surface area (Å²) in [7, 11) is 0. The smallest absolute Gasteiger partial charge is 0.0721 e. The molecule has 8 bridgehead atoms. The summed E-state index contributed by atoms with van der Waals surface area (Å²) in [5.41, 5.74) is 0.0298. The predicted molar refractivity (Wildman–Crippen MR) is 143 cm³/mol. The van der Waals surface area contributed by atoms with Gasteiger partial charge in [0.15, 0.2) is 0 Å². The first-order valence-corrected chi connectivity index (χ1v) is 14.5. The van der Waals surface area contributed by atoms with Gasteiger partial charge in [-0.2, -0.15) is 0 Å². The Labute approximate surface area is 218 Å². The van der Waals surface area contributed by atoms with Crippen molar-refractivity contribution in [2.45, 2.75) is 81.7 Å². The van der Waals surface area contributed by atoms with Crippen molar-refractivity contribution in [2.75, 3.05) is 26.4 Å². The number of hydrogen-bond acceptors (Lipinski definition) is 4. The number of hydrogen-bond donors (Lipinski definition) is 0. The molecule has 0 aromatic rings. The molecular weight excluding hydrogens is 448 g/mol. The average molecular weight is 495 g/mol. The molecule has 198 valence electrons. The molecule has 0 heterocycles. The standard InChI is InChI=1S/C32H46O4/c1-5-9-33-27-25-19-31(36-12-8-4)20-26(27)29(35-11-7-3)32(21-31,28(25)34-10-6-2)30-16-22-13-23(17-30)15-24(14-22)18-30/h5-8,22-29H,1-4,9-21H2. The Morgan fingerprint density at radius 3 is 1.56 bits per heavy atom. The topological polar surface area (TPSA) is 36.9 Å². The zero-order chi connectivity index (χ0) is 25.0. The highest BCUT2D eigenvalue weighted by molar-refractivity contribution is 5.27. The maximum atomic E-state index is 6.93. The summed E-state index contributed by atoms with van der Waals surface area (Å²) in [5.74, 6) is 3.17. The number of rotatable bonds is 13. The van der Waals surface area contributed by atoms with Gasteiger partial charge in [-0.05, 0) is 81.0 Å². The SMILES string of the molecule is C=CCOC1C2CC3(OCC=C)CC1C(OCC=C)C(C14CC5CC(CC(C5)C1)C4)(C3)C2OCC=C. The van der Waals surface area contributed by atoms with Crippen LogP contribution < -0.4 is 0 Å². The van der Waals surface area contributed by atoms with E-state index in [0.717, 1.165) is 37.0 Å². The molecule has 4 unspecified atom stereocenters. The van der Waals surface area contributed by atoms with Crippen LogP contribution in [0.5, 0.6) is 0 Å². The van der Waals surface area contributed by atoms with E-state index in [2.05, 4.69) is 26.3 Å². The summed E-state index contributed by atoms with van der Waals surface area (Å²) in [6, 6.07) is 0. The quantitative estimate of drug-likeness (QED) is 0.282. The van der Waals surface area contributed by atoms with Crippen molar-refractivity contribution in [1.29, 1.82) is 0 Å². The van der Waals surface area contributed by atoms with Crippen molar-refractivity contribution < 1.29 is 18.9 Å². The Hall–Kier alpha value is -1.20. The molecule has 0 saturated heterocycles. The van der Waals surface area contributed by atoms with E-state index in [-0.39, 0.29) is 34.7 Å². The van der Waals surface area contributed by atoms with Crippen LogP contribution in [0, 0.1) is 40.4 Å². The fourth-order valence-electron chi connectivity index (χ4n) is 11.0. The van der Waals surface area contributed by atoms with Crippen molar-refractivity contribution in [1.82, 2.24) is 0 Å². The minimum Gasteiger partial charge on any atom is -0.373 e. The summed E-state index contributed by atoms with van der Waals surface area (Å²) in [6.45, 7) is 18.3. The average Bonchev–Trinajstić information content (AvgIpc) is 2.85. The highest BCUT2D eigenvalue weighted by Gasteiger charge is 2.78. The van der Waals surface area contributed by atoms with Crippen molar-refractivity contribution in [2.24, 2.45) is 40.4 Å². The van der Waals surface area contributed by atoms with E-state index in [9.17, 15) is 0 Å². The van der Waals surface area contributed by atoms with Crippen molar-refractivity contribution in [3.63, 3.8) is 0 Å². The molecule has 8 aliphatic rings. The first-order valence-electron chi connectivity index (χ1n) is 14.5. The first-order chi connectivity index (χ1) is 17.5. The number of ether oxygens (including phenoxy) is 4. The Bertz CT molecular complexity index is 810. The second-order valence-corrected chi connectivity index (χ2v) is 13.1. The molecule has 8 saturated carbocycles. The molecule has 4 heteroatoms. The first kappa shape index (κ1) is 25.1. The van der Waals surface area contributed by atoms with Gasteiger partial charge in [-0.1, -0.05) is 24.3 Å². The fraction of sp³-hybridized carbons (Fsp3) is 0.750. The zero-order valence-electron chi connectivity index (χ0n) is 22.1. The lowest BCUT2D eigenvalue weighted by atomic mass is 9.32. The van der Waals surface area contributed by atoms with Crippen molar-refractivity contribution in [3.05, 3.63) is 50.6 Å². The molecule has 4 atom stereocenters. The van der Waals surface area contributed by atoms with Gasteiger partial charge < -0.3 is 18.9 Å². The van der Waals surface area contributed by atoms with Gasteiger partial charge in [-0.25, -0.2) is 0 Å². The van der Waals surface area contributed by atoms with Gasteiger partial charge in [-0.15, -0.1) is 26.3 Å². The molecular formula is C32H46O4. The molecule has 0 spiro atoms. The van der Waals surface area contributed by atoms with Gasteiger partial charge in [-0.3, -0.25) is 0 Å². The lowest BCUT2D eigenvalue weighted by Crippen LogP contribution is -2.80. The normalized spacial score (nSPS) is 49.8. The van der Waals surface area contributed by atoms with E-state index in [1.54, 1.807) is 0 Å². The highest BCUT2D eigenvalue weighted by Crippen LogP contribution is 2.76. The van der Waals surface area contributed by atoms with Crippen LogP contribution in [0.4, 0.5) is 0 Å². The Kier molecular flexibility index (Phi) is 6.64. The van der Waals surface area contributed by atoms with Gasteiger partial charge in [0.1, 0.15) is 0 Å². The van der Waals surface area contributed by atoms with E-state index in [0.29, 0.717) is 38.3 Å². The third kappa shape index (κ3) is 3.61. The molecule has 0 aromatic carbocycles. The van der Waals surface area contributed by atoms with Crippen molar-refractivity contribution in [3.8, 4) is 0 Å². The molecule has 8 fully saturated rings. The molecule has 36 heavy (non-hydrogen) atoms. The molecule has 0 N–H and O–H groups in total. The summed E-state index contributed by atoms with van der Waals surface area (Å²) in [4.78, 5) is 0. The Morgan fingerprint density at radius 2 is 1.08 bits per heavy atom. The zero-order valence-corrected chi connectivity index (χ0v) is 22.1. The van der Waals surface area contributed by atoms with E-state index >= 15 is 0 Å². The fourth-order valence-corrected chi connectivity index (χ4v) is 11.0. The third-order valence-electron chi connectivity index (χ3n) is 11.2. The van der Waals surface area contributed by atoms with Gasteiger partial charge in [0.05, 0.1) is 50.3 Å². The van der Waals surface area contributed by atoms with Crippen LogP contribution in [-0.4, -0.2) is 50.3 Å². The molecule has 4 nitrogen and oxygen atoms in total. The minimum atomic E-state index is -0.150. The molecule has 8 rings (SSSR count). The highest BCUT2D eigenvalue weighted by atomic mass is 16.5. The Balaban J connectivity index is 1.50. The summed E-state index contributed by atoms with van der Waals surface area (Å²) in [5, 5.41) is 0. The molecule has 0 aromatic heterocycles. The van der Waals surface area contributed by atoms with Crippen molar-refractivity contribution >= 4 is 0 Å². The van der Waals surface area contributed by atoms with Crippen LogP contribution >= 0.6 is 0 Å². The summed E-state index contributed by atoms with van der Waals surface area (Å²) >= 11 is 0. The monoisotopic (exact) mass is 494 g/mol. The predicted octanol–water partition coefficient (Wildman–Crippen LogP) is 6.29. The van der Waals surface area contributed by atoms with E-state index in [1.165, 1.54) is 38.5 Å². The second-order valence-electron chi connectivity index (χ2n) is 13.1. The molecule has 0 aliphatic heterocycles. The van der Waals surface area contributed by atoms with Gasteiger partial charge in [0.2, 0.25) is 0 Å². The lowest BCUT2D eigenvalue weighted by Gasteiger charge is -2.76. The molecule has 0 amide bonds. The lowest BCUT2D eigenvalue weighted by molar-refractivity contribution is -0.366. The summed E-state index contributed by atoms with van der Waals surface area (Å²) < 4.78 is 27.2. The van der Waals surface area contributed by atoms with Crippen LogP contribution in [0.1, 0.15) is 57.8 Å². The van der Waals surface area contributed by atoms with Crippen LogP contribution in [-0.2, 0) is 18.9 Å². The largest absolute Gasteiger partial charge is 0.373 e. The van der Waals surface area contributed by atoms with Crippen LogP contribution in [0.15, 0.2) is 50.6 Å². The van der Waals surface area contributed by atoms with Gasteiger partial charge in [0.25, 0.3) is 0 Å². The minimum absolute atomic E-state index is 0.0733. The van der Waals surface area contributed by atoms with E-state index in [1.807, 2.05) is 24.3 Å². The van der Waals surface area contributed by atoms with Crippen LogP contribution in [0.3, 0.4) is 0 Å². The molecule has 8 aliphatic carbocycles. The Morgan fingerprint density at radius 1 is 0.611 bits per heavy atom.